The van der Waals surface area contributed by atoms with E-state index in [-0.39, 0.29) is 22.8 Å². The Balaban J connectivity index is 0.00000141. The number of hydrogen-bond donors (Lipinski definition) is 2. The van der Waals surface area contributed by atoms with E-state index in [4.69, 9.17) is 19.4 Å². The second kappa shape index (κ2) is 14.8. The average molecular weight is 627 g/mol. The number of carbonyl (C=O) groups is 1. The molecule has 2 aliphatic rings. The minimum absolute atomic E-state index is 0.0185. The quantitative estimate of drug-likeness (QED) is 0.356. The lowest BCUT2D eigenvalue weighted by atomic mass is 10.0. The van der Waals surface area contributed by atoms with Gasteiger partial charge in [-0.2, -0.15) is 0 Å². The fraction of sp³-hybridized carbons (Fsp3) is 0.452. The molecule has 0 atom stereocenters. The number of ether oxygens (including phenoxy) is 2. The molecule has 0 amide bonds. The van der Waals surface area contributed by atoms with Gasteiger partial charge in [-0.15, -0.1) is 0 Å². The zero-order chi connectivity index (χ0) is 31.7. The van der Waals surface area contributed by atoms with E-state index in [9.17, 15) is 8.42 Å². The second-order valence-electron chi connectivity index (χ2n) is 11.6. The molecule has 0 radical (unpaired) electrons. The third-order valence-electron chi connectivity index (χ3n) is 7.65. The molecule has 12 nitrogen and oxygen atoms in total. The van der Waals surface area contributed by atoms with Gasteiger partial charge in [0.05, 0.1) is 43.6 Å². The van der Waals surface area contributed by atoms with Crippen LogP contribution >= 0.6 is 0 Å². The first kappa shape index (κ1) is 33.1. The van der Waals surface area contributed by atoms with Crippen LogP contribution in [0.4, 0.5) is 11.4 Å². The van der Waals surface area contributed by atoms with E-state index < -0.39 is 10.0 Å². The summed E-state index contributed by atoms with van der Waals surface area (Å²) in [4.78, 5) is 24.2. The van der Waals surface area contributed by atoms with Gasteiger partial charge in [-0.3, -0.25) is 24.3 Å². The molecule has 3 aromatic rings. The summed E-state index contributed by atoms with van der Waals surface area (Å²) in [5.41, 5.74) is 4.17. The van der Waals surface area contributed by atoms with Gasteiger partial charge in [0.2, 0.25) is 5.88 Å². The SMILES string of the molecule is COc1ncc(N2CCOCC2)cc1S(=O)(=O)Nc1ccnc(-c2ccc(CN3CCN(C(C)(C)C)CC3)cc2)c1.O=CO. The maximum absolute atomic E-state index is 13.5. The van der Waals surface area contributed by atoms with Crippen molar-refractivity contribution in [3.8, 4) is 17.1 Å². The van der Waals surface area contributed by atoms with E-state index in [0.29, 0.717) is 43.4 Å². The third kappa shape index (κ3) is 8.65. The summed E-state index contributed by atoms with van der Waals surface area (Å²) < 4.78 is 40.3. The van der Waals surface area contributed by atoms with Gasteiger partial charge in [0.25, 0.3) is 16.5 Å². The summed E-state index contributed by atoms with van der Waals surface area (Å²) in [5.74, 6) is 0.0409. The molecule has 13 heteroatoms. The van der Waals surface area contributed by atoms with Crippen molar-refractivity contribution in [3.05, 3.63) is 60.4 Å². The van der Waals surface area contributed by atoms with Gasteiger partial charge >= 0.3 is 0 Å². The van der Waals surface area contributed by atoms with Crippen molar-refractivity contribution in [3.63, 3.8) is 0 Å². The lowest BCUT2D eigenvalue weighted by molar-refractivity contribution is -0.122. The van der Waals surface area contributed by atoms with Crippen LogP contribution in [-0.4, -0.2) is 105 Å². The van der Waals surface area contributed by atoms with E-state index >= 15 is 0 Å². The van der Waals surface area contributed by atoms with E-state index in [1.165, 1.54) is 12.7 Å². The minimum Gasteiger partial charge on any atom is -0.483 e. The molecule has 44 heavy (non-hydrogen) atoms. The summed E-state index contributed by atoms with van der Waals surface area (Å²) in [5, 5.41) is 6.89. The van der Waals surface area contributed by atoms with Crippen molar-refractivity contribution in [2.24, 2.45) is 0 Å². The number of aromatic nitrogens is 2. The minimum atomic E-state index is -3.98. The van der Waals surface area contributed by atoms with Crippen molar-refractivity contribution in [1.29, 1.82) is 0 Å². The van der Waals surface area contributed by atoms with Crippen LogP contribution in [0.5, 0.6) is 5.88 Å². The van der Waals surface area contributed by atoms with Crippen LogP contribution in [0.25, 0.3) is 11.3 Å². The Hall–Kier alpha value is -3.78. The number of pyridine rings is 2. The average Bonchev–Trinajstić information content (AvgIpc) is 3.02. The largest absolute Gasteiger partial charge is 0.483 e. The molecule has 2 saturated heterocycles. The lowest BCUT2D eigenvalue weighted by Crippen LogP contribution is -2.53. The molecule has 0 aliphatic carbocycles. The maximum Gasteiger partial charge on any atom is 0.290 e. The second-order valence-corrected chi connectivity index (χ2v) is 13.2. The highest BCUT2D eigenvalue weighted by molar-refractivity contribution is 7.92. The summed E-state index contributed by atoms with van der Waals surface area (Å²) in [6.07, 6.45) is 3.23. The molecule has 0 spiro atoms. The fourth-order valence-electron chi connectivity index (χ4n) is 5.24. The molecule has 5 rings (SSSR count). The number of nitrogens with one attached hydrogen (secondary N) is 1. The number of methoxy groups -OCH3 is 1. The van der Waals surface area contributed by atoms with Crippen LogP contribution in [-0.2, 0) is 26.1 Å². The molecular weight excluding hydrogens is 584 g/mol. The Morgan fingerprint density at radius 1 is 1.00 bits per heavy atom. The van der Waals surface area contributed by atoms with Gasteiger partial charge in [-0.1, -0.05) is 24.3 Å². The van der Waals surface area contributed by atoms with Crippen molar-refractivity contribution in [2.75, 3.05) is 69.2 Å². The van der Waals surface area contributed by atoms with Crippen molar-refractivity contribution < 1.29 is 27.8 Å². The van der Waals surface area contributed by atoms with Crippen molar-refractivity contribution in [1.82, 2.24) is 19.8 Å². The Bertz CT molecular complexity index is 1480. The first-order valence-electron chi connectivity index (χ1n) is 14.5. The maximum atomic E-state index is 13.5. The summed E-state index contributed by atoms with van der Waals surface area (Å²) in [6.45, 7) is 14.2. The molecule has 0 saturated carbocycles. The van der Waals surface area contributed by atoms with Crippen LogP contribution in [0.1, 0.15) is 26.3 Å². The molecule has 2 aromatic heterocycles. The fourth-order valence-corrected chi connectivity index (χ4v) is 6.43. The number of carboxylic acid groups (broad SMARTS) is 1. The van der Waals surface area contributed by atoms with E-state index in [1.807, 2.05) is 12.1 Å². The smallest absolute Gasteiger partial charge is 0.290 e. The van der Waals surface area contributed by atoms with E-state index in [2.05, 4.69) is 62.3 Å². The van der Waals surface area contributed by atoms with Crippen LogP contribution < -0.4 is 14.4 Å². The van der Waals surface area contributed by atoms with Crippen LogP contribution in [0.3, 0.4) is 0 Å². The van der Waals surface area contributed by atoms with Gasteiger partial charge in [-0.05, 0) is 44.5 Å². The molecule has 0 unspecified atom stereocenters. The molecule has 1 aromatic carbocycles. The number of rotatable bonds is 8. The Labute approximate surface area is 259 Å². The summed E-state index contributed by atoms with van der Waals surface area (Å²) >= 11 is 0. The number of sulfonamides is 1. The number of nitrogens with zero attached hydrogens (tertiary/aromatic N) is 5. The van der Waals surface area contributed by atoms with Gasteiger partial charge in [0.15, 0.2) is 4.90 Å². The zero-order valence-electron chi connectivity index (χ0n) is 25.8. The first-order valence-corrected chi connectivity index (χ1v) is 16.0. The molecule has 2 fully saturated rings. The van der Waals surface area contributed by atoms with Crippen LogP contribution in [0, 0.1) is 0 Å². The Kier molecular flexibility index (Phi) is 11.1. The molecule has 2 aliphatic heterocycles. The molecule has 4 heterocycles. The zero-order valence-corrected chi connectivity index (χ0v) is 26.6. The highest BCUT2D eigenvalue weighted by Gasteiger charge is 2.26. The highest BCUT2D eigenvalue weighted by atomic mass is 32.2. The normalized spacial score (nSPS) is 16.5. The number of anilines is 2. The molecule has 238 valence electrons. The standard InChI is InChI=1S/C30H40N6O4S.CH2O2/c1-30(2,3)36-13-11-34(12-14-36)22-23-5-7-24(8-6-23)27-19-25(9-10-31-27)33-41(37,38)28-20-26(21-32-29(28)39-4)35-15-17-40-18-16-35;2-1-3/h5-10,19-21H,11-18,22H2,1-4H3,(H,31,33);1H,(H,2,3). The van der Waals surface area contributed by atoms with Crippen LogP contribution in [0.2, 0.25) is 0 Å². The Morgan fingerprint density at radius 3 is 2.27 bits per heavy atom. The summed E-state index contributed by atoms with van der Waals surface area (Å²) in [6, 6.07) is 13.3. The van der Waals surface area contributed by atoms with Gasteiger partial charge in [0, 0.05) is 63.1 Å². The van der Waals surface area contributed by atoms with Gasteiger partial charge in [0.1, 0.15) is 0 Å². The van der Waals surface area contributed by atoms with Crippen molar-refractivity contribution >= 4 is 27.9 Å². The molecule has 0 bridgehead atoms. The topological polar surface area (TPSA) is 137 Å². The molecular formula is C31H42N6O6S. The predicted molar refractivity (Wildman–Crippen MR) is 170 cm³/mol. The summed E-state index contributed by atoms with van der Waals surface area (Å²) in [7, 11) is -2.57. The highest BCUT2D eigenvalue weighted by Crippen LogP contribution is 2.29. The first-order chi connectivity index (χ1) is 21.0. The van der Waals surface area contributed by atoms with Crippen LogP contribution in [0.15, 0.2) is 59.8 Å². The number of benzene rings is 1. The number of hydrogen-bond acceptors (Lipinski definition) is 10. The predicted octanol–water partition coefficient (Wildman–Crippen LogP) is 3.41. The molecule has 2 N–H and O–H groups in total. The van der Waals surface area contributed by atoms with Gasteiger partial charge in [-0.25, -0.2) is 13.4 Å². The Morgan fingerprint density at radius 2 is 1.66 bits per heavy atom. The third-order valence-corrected chi connectivity index (χ3v) is 9.03. The van der Waals surface area contributed by atoms with E-state index in [0.717, 1.165) is 38.3 Å². The van der Waals surface area contributed by atoms with Crippen molar-refractivity contribution in [2.45, 2.75) is 37.8 Å². The van der Waals surface area contributed by atoms with E-state index in [1.54, 1.807) is 30.6 Å². The number of piperazine rings is 1. The number of morpholine rings is 1. The lowest BCUT2D eigenvalue weighted by Gasteiger charge is -2.42. The van der Waals surface area contributed by atoms with Gasteiger partial charge < -0.3 is 19.5 Å². The monoisotopic (exact) mass is 626 g/mol.